The van der Waals surface area contributed by atoms with Crippen molar-refractivity contribution in [1.29, 1.82) is 5.26 Å². The molecule has 0 N–H and O–H groups in total. The van der Waals surface area contributed by atoms with Gasteiger partial charge in [0.2, 0.25) is 0 Å². The molecule has 0 aromatic carbocycles. The summed E-state index contributed by atoms with van der Waals surface area (Å²) in [6.45, 7) is 6.02. The summed E-state index contributed by atoms with van der Waals surface area (Å²) < 4.78 is 5.12. The van der Waals surface area contributed by atoms with Crippen molar-refractivity contribution >= 4 is 5.97 Å². The summed E-state index contributed by atoms with van der Waals surface area (Å²) in [7, 11) is 0. The Morgan fingerprint density at radius 2 is 2.12 bits per heavy atom. The minimum atomic E-state index is -0.111. The van der Waals surface area contributed by atoms with Crippen LogP contribution < -0.4 is 0 Å². The van der Waals surface area contributed by atoms with Crippen molar-refractivity contribution in [2.45, 2.75) is 45.6 Å². The van der Waals surface area contributed by atoms with E-state index in [-0.39, 0.29) is 17.9 Å². The maximum atomic E-state index is 11.9. The summed E-state index contributed by atoms with van der Waals surface area (Å²) in [5, 5.41) is 8.85. The van der Waals surface area contributed by atoms with Crippen LogP contribution in [0.2, 0.25) is 0 Å². The fourth-order valence-electron chi connectivity index (χ4n) is 2.30. The van der Waals surface area contributed by atoms with Crippen LogP contribution in [0.25, 0.3) is 0 Å². The molecule has 1 heterocycles. The lowest BCUT2D eigenvalue weighted by molar-refractivity contribution is -0.150. The minimum Gasteiger partial charge on any atom is -0.465 e. The fourth-order valence-corrected chi connectivity index (χ4v) is 2.30. The zero-order chi connectivity index (χ0) is 12.7. The molecule has 96 valence electrons. The summed E-state index contributed by atoms with van der Waals surface area (Å²) in [6, 6.07) is 2.20. The lowest BCUT2D eigenvalue weighted by Crippen LogP contribution is -2.46. The van der Waals surface area contributed by atoms with Crippen molar-refractivity contribution in [2.24, 2.45) is 5.92 Å². The standard InChI is InChI=1S/C13H22N2O2/c1-3-5-12(13(16)17-4-2)15-8-6-11(10-14)7-9-15/h11-12H,3-9H2,1-2H3. The first-order chi connectivity index (χ1) is 8.22. The Kier molecular flexibility index (Phi) is 5.99. The molecule has 0 spiro atoms. The molecule has 1 aliphatic heterocycles. The molecule has 17 heavy (non-hydrogen) atoms. The maximum absolute atomic E-state index is 11.9. The predicted octanol–water partition coefficient (Wildman–Crippen LogP) is 1.95. The number of nitriles is 1. The van der Waals surface area contributed by atoms with E-state index in [1.54, 1.807) is 0 Å². The lowest BCUT2D eigenvalue weighted by atomic mass is 9.96. The van der Waals surface area contributed by atoms with Crippen LogP contribution in [-0.2, 0) is 9.53 Å². The van der Waals surface area contributed by atoms with Crippen LogP contribution in [0.5, 0.6) is 0 Å². The van der Waals surface area contributed by atoms with Crippen molar-refractivity contribution < 1.29 is 9.53 Å². The Balaban J connectivity index is 2.54. The van der Waals surface area contributed by atoms with Gasteiger partial charge in [0.15, 0.2) is 0 Å². The monoisotopic (exact) mass is 238 g/mol. The third kappa shape index (κ3) is 4.01. The normalized spacial score (nSPS) is 19.6. The summed E-state index contributed by atoms with van der Waals surface area (Å²) >= 11 is 0. The van der Waals surface area contributed by atoms with Gasteiger partial charge in [-0.25, -0.2) is 0 Å². The van der Waals surface area contributed by atoms with E-state index in [9.17, 15) is 4.79 Å². The van der Waals surface area contributed by atoms with Crippen LogP contribution in [0, 0.1) is 17.2 Å². The third-order valence-electron chi connectivity index (χ3n) is 3.27. The van der Waals surface area contributed by atoms with Gasteiger partial charge < -0.3 is 4.74 Å². The quantitative estimate of drug-likeness (QED) is 0.687. The Morgan fingerprint density at radius 3 is 2.59 bits per heavy atom. The second-order valence-corrected chi connectivity index (χ2v) is 4.50. The van der Waals surface area contributed by atoms with Crippen LogP contribution in [0.3, 0.4) is 0 Å². The van der Waals surface area contributed by atoms with Crippen LogP contribution >= 0.6 is 0 Å². The molecule has 0 saturated carbocycles. The zero-order valence-corrected chi connectivity index (χ0v) is 10.8. The smallest absolute Gasteiger partial charge is 0.323 e. The van der Waals surface area contributed by atoms with E-state index in [1.807, 2.05) is 6.92 Å². The SMILES string of the molecule is CCCC(C(=O)OCC)N1CCC(C#N)CC1. The summed E-state index contributed by atoms with van der Waals surface area (Å²) in [5.41, 5.74) is 0. The molecule has 1 saturated heterocycles. The average molecular weight is 238 g/mol. The van der Waals surface area contributed by atoms with Gasteiger partial charge in [-0.05, 0) is 26.2 Å². The van der Waals surface area contributed by atoms with Crippen molar-refractivity contribution in [3.8, 4) is 6.07 Å². The van der Waals surface area contributed by atoms with E-state index in [0.29, 0.717) is 6.61 Å². The summed E-state index contributed by atoms with van der Waals surface area (Å²) in [5.74, 6) is 0.0560. The van der Waals surface area contributed by atoms with Crippen LogP contribution in [0.15, 0.2) is 0 Å². The lowest BCUT2D eigenvalue weighted by Gasteiger charge is -2.34. The van der Waals surface area contributed by atoms with Crippen molar-refractivity contribution in [2.75, 3.05) is 19.7 Å². The van der Waals surface area contributed by atoms with Crippen molar-refractivity contribution in [1.82, 2.24) is 4.90 Å². The van der Waals surface area contributed by atoms with E-state index < -0.39 is 0 Å². The van der Waals surface area contributed by atoms with E-state index >= 15 is 0 Å². The van der Waals surface area contributed by atoms with Gasteiger partial charge in [-0.15, -0.1) is 0 Å². The van der Waals surface area contributed by atoms with Gasteiger partial charge in [-0.3, -0.25) is 9.69 Å². The molecule has 0 amide bonds. The Bertz CT molecular complexity index is 278. The van der Waals surface area contributed by atoms with Gasteiger partial charge in [0.1, 0.15) is 6.04 Å². The first kappa shape index (κ1) is 14.0. The molecule has 0 radical (unpaired) electrons. The molecule has 0 aliphatic carbocycles. The highest BCUT2D eigenvalue weighted by atomic mass is 16.5. The number of carbonyl (C=O) groups is 1. The molecule has 1 aliphatic rings. The zero-order valence-electron chi connectivity index (χ0n) is 10.8. The molecular weight excluding hydrogens is 216 g/mol. The van der Waals surface area contributed by atoms with Gasteiger partial charge >= 0.3 is 5.97 Å². The second kappa shape index (κ2) is 7.29. The maximum Gasteiger partial charge on any atom is 0.323 e. The van der Waals surface area contributed by atoms with Crippen LogP contribution in [-0.4, -0.2) is 36.6 Å². The van der Waals surface area contributed by atoms with E-state index in [0.717, 1.165) is 38.8 Å². The second-order valence-electron chi connectivity index (χ2n) is 4.50. The number of likely N-dealkylation sites (tertiary alicyclic amines) is 1. The van der Waals surface area contributed by atoms with Gasteiger partial charge in [-0.1, -0.05) is 13.3 Å². The Hall–Kier alpha value is -1.08. The highest BCUT2D eigenvalue weighted by Crippen LogP contribution is 2.20. The van der Waals surface area contributed by atoms with Crippen molar-refractivity contribution in [3.63, 3.8) is 0 Å². The number of hydrogen-bond acceptors (Lipinski definition) is 4. The Labute approximate surface area is 104 Å². The van der Waals surface area contributed by atoms with Gasteiger partial charge in [0.25, 0.3) is 0 Å². The number of hydrogen-bond donors (Lipinski definition) is 0. The average Bonchev–Trinajstić information content (AvgIpc) is 2.36. The largest absolute Gasteiger partial charge is 0.465 e. The van der Waals surface area contributed by atoms with Gasteiger partial charge in [-0.2, -0.15) is 5.26 Å². The molecule has 1 fully saturated rings. The molecular formula is C13H22N2O2. The van der Waals surface area contributed by atoms with E-state index in [2.05, 4.69) is 17.9 Å². The third-order valence-corrected chi connectivity index (χ3v) is 3.27. The molecule has 4 nitrogen and oxygen atoms in total. The number of piperidine rings is 1. The van der Waals surface area contributed by atoms with E-state index in [1.165, 1.54) is 0 Å². The minimum absolute atomic E-state index is 0.107. The Morgan fingerprint density at radius 1 is 1.47 bits per heavy atom. The molecule has 4 heteroatoms. The highest BCUT2D eigenvalue weighted by Gasteiger charge is 2.29. The molecule has 1 unspecified atom stereocenters. The first-order valence-corrected chi connectivity index (χ1v) is 6.53. The van der Waals surface area contributed by atoms with Gasteiger partial charge in [0, 0.05) is 19.0 Å². The molecule has 0 aromatic rings. The number of carbonyl (C=O) groups excluding carboxylic acids is 1. The summed E-state index contributed by atoms with van der Waals surface area (Å²) in [6.07, 6.45) is 3.56. The van der Waals surface area contributed by atoms with Crippen molar-refractivity contribution in [3.05, 3.63) is 0 Å². The topological polar surface area (TPSA) is 53.3 Å². The number of nitrogens with zero attached hydrogens (tertiary/aromatic N) is 2. The molecule has 1 rings (SSSR count). The predicted molar refractivity (Wildman–Crippen MR) is 65.2 cm³/mol. The van der Waals surface area contributed by atoms with Crippen LogP contribution in [0.1, 0.15) is 39.5 Å². The number of rotatable bonds is 5. The molecule has 0 aromatic heterocycles. The first-order valence-electron chi connectivity index (χ1n) is 6.53. The van der Waals surface area contributed by atoms with E-state index in [4.69, 9.17) is 10.00 Å². The highest BCUT2D eigenvalue weighted by molar-refractivity contribution is 5.75. The van der Waals surface area contributed by atoms with Gasteiger partial charge in [0.05, 0.1) is 12.7 Å². The molecule has 1 atom stereocenters. The van der Waals surface area contributed by atoms with Crippen LogP contribution in [0.4, 0.5) is 0 Å². The molecule has 0 bridgehead atoms. The fraction of sp³-hybridized carbons (Fsp3) is 0.846. The summed E-state index contributed by atoms with van der Waals surface area (Å²) in [4.78, 5) is 14.0. The number of ether oxygens (including phenoxy) is 1. The number of esters is 1.